The molecule has 0 radical (unpaired) electrons. The van der Waals surface area contributed by atoms with E-state index in [1.165, 1.54) is 11.1 Å². The van der Waals surface area contributed by atoms with Crippen molar-refractivity contribution in [3.05, 3.63) is 47.2 Å². The zero-order chi connectivity index (χ0) is 23.3. The van der Waals surface area contributed by atoms with E-state index in [9.17, 15) is 9.32 Å². The van der Waals surface area contributed by atoms with Crippen LogP contribution in [0.4, 0.5) is 11.8 Å². The van der Waals surface area contributed by atoms with Crippen molar-refractivity contribution < 1.29 is 9.32 Å². The molecule has 2 aliphatic heterocycles. The monoisotopic (exact) mass is 474 g/mol. The number of anilines is 2. The summed E-state index contributed by atoms with van der Waals surface area (Å²) in [5.41, 5.74) is 4.14. The van der Waals surface area contributed by atoms with Crippen LogP contribution in [0.5, 0.6) is 0 Å². The van der Waals surface area contributed by atoms with Crippen molar-refractivity contribution in [3.63, 3.8) is 0 Å². The molecule has 0 bridgehead atoms. The third-order valence-corrected chi connectivity index (χ3v) is 9.53. The maximum Gasteiger partial charge on any atom is 0.227 e. The molecule has 3 heterocycles. The number of hydrogen-bond donors (Lipinski definition) is 2. The molecule has 1 saturated carbocycles. The van der Waals surface area contributed by atoms with Crippen LogP contribution < -0.4 is 10.2 Å². The fourth-order valence-corrected chi connectivity index (χ4v) is 7.17. The van der Waals surface area contributed by atoms with Crippen LogP contribution in [0.1, 0.15) is 48.9 Å². The van der Waals surface area contributed by atoms with E-state index < -0.39 is 10.8 Å². The lowest BCUT2D eigenvalue weighted by atomic mass is 9.77. The smallest absolute Gasteiger partial charge is 0.227 e. The molecule has 0 unspecified atom stereocenters. The summed E-state index contributed by atoms with van der Waals surface area (Å²) < 4.78 is 12.9. The van der Waals surface area contributed by atoms with Gasteiger partial charge in [0.15, 0.2) is 0 Å². The van der Waals surface area contributed by atoms with Crippen molar-refractivity contribution >= 4 is 28.1 Å². The summed E-state index contributed by atoms with van der Waals surface area (Å²) >= 11 is 0. The van der Waals surface area contributed by atoms with E-state index in [1.54, 1.807) is 0 Å². The predicted octanol–water partition coefficient (Wildman–Crippen LogP) is 3.38. The first-order valence-corrected chi connectivity index (χ1v) is 13.6. The van der Waals surface area contributed by atoms with Gasteiger partial charge in [-0.25, -0.2) is 4.98 Å². The minimum absolute atomic E-state index is 0.0670. The van der Waals surface area contributed by atoms with Crippen LogP contribution in [-0.4, -0.2) is 50.3 Å². The van der Waals surface area contributed by atoms with E-state index in [1.807, 2.05) is 12.1 Å². The molecular weight excluding hydrogens is 444 g/mol. The zero-order valence-corrected chi connectivity index (χ0v) is 20.1. The summed E-state index contributed by atoms with van der Waals surface area (Å²) in [4.78, 5) is 12.9. The van der Waals surface area contributed by atoms with Crippen molar-refractivity contribution in [2.75, 3.05) is 35.7 Å². The molecule has 34 heavy (non-hydrogen) atoms. The highest BCUT2D eigenvalue weighted by Gasteiger charge is 2.40. The van der Waals surface area contributed by atoms with Crippen molar-refractivity contribution in [2.24, 2.45) is 11.8 Å². The Labute approximate surface area is 203 Å². The van der Waals surface area contributed by atoms with E-state index >= 15 is 0 Å². The van der Waals surface area contributed by atoms with Crippen LogP contribution in [0, 0.1) is 24.2 Å². The van der Waals surface area contributed by atoms with Gasteiger partial charge in [-0.05, 0) is 73.6 Å². The molecule has 7 heteroatoms. The molecule has 6 nitrogen and oxygen atoms in total. The first-order chi connectivity index (χ1) is 16.6. The van der Waals surface area contributed by atoms with Gasteiger partial charge < -0.3 is 15.3 Å². The van der Waals surface area contributed by atoms with E-state index in [0.717, 1.165) is 73.7 Å². The van der Waals surface area contributed by atoms with Crippen molar-refractivity contribution in [1.82, 2.24) is 9.97 Å². The summed E-state index contributed by atoms with van der Waals surface area (Å²) in [5.74, 6) is 5.76. The van der Waals surface area contributed by atoms with Gasteiger partial charge >= 0.3 is 0 Å². The lowest BCUT2D eigenvalue weighted by molar-refractivity contribution is 0.143. The molecule has 2 fully saturated rings. The van der Waals surface area contributed by atoms with Gasteiger partial charge in [0.2, 0.25) is 5.95 Å². The fourth-order valence-electron chi connectivity index (χ4n) is 5.84. The van der Waals surface area contributed by atoms with Gasteiger partial charge in [-0.15, -0.1) is 6.42 Å². The molecule has 0 spiro atoms. The Morgan fingerprint density at radius 2 is 2.03 bits per heavy atom. The second-order valence-corrected chi connectivity index (χ2v) is 11.7. The molecule has 176 valence electrons. The fraction of sp³-hybridized carbons (Fsp3) is 0.481. The Bertz CT molecular complexity index is 1210. The quantitative estimate of drug-likeness (QED) is 0.647. The number of allylic oxidation sites excluding steroid dienone is 1. The Morgan fingerprint density at radius 1 is 1.21 bits per heavy atom. The number of nitrogens with zero attached hydrogens (tertiary/aromatic N) is 3. The standard InChI is InChI=1S/C27H30N4O2S/c1-2-18-6-8-19(9-7-18)20-13-21-15-31(16-22(21)14-20)26-28-23-5-3-12-34(33)24(23)25(29-26)30-27(17-32)10-4-11-27/h1,6-9,13,21-22,32H,3-5,10-12,14-17H2,(H,28,29,30)/t21-,22+,34-/m1/s1. The molecule has 1 aromatic carbocycles. The second-order valence-electron chi connectivity index (χ2n) is 10.2. The summed E-state index contributed by atoms with van der Waals surface area (Å²) in [6.45, 7) is 1.88. The van der Waals surface area contributed by atoms with Gasteiger partial charge in [-0.1, -0.05) is 24.1 Å². The maximum atomic E-state index is 12.9. The Hall–Kier alpha value is -2.69. The first kappa shape index (κ1) is 21.8. The SMILES string of the molecule is C#Cc1ccc(C2=C[C@@H]3CN(c4nc5c(c(NC6(CO)CCC6)n4)[S@](=O)CCC5)C[C@@H]3C2)cc1. The first-order valence-electron chi connectivity index (χ1n) is 12.3. The molecular formula is C27H30N4O2S. The minimum Gasteiger partial charge on any atom is -0.394 e. The summed E-state index contributed by atoms with van der Waals surface area (Å²) in [5, 5.41) is 13.5. The second kappa shape index (κ2) is 8.51. The third kappa shape index (κ3) is 3.73. The molecule has 2 aromatic rings. The number of fused-ring (bicyclic) bond motifs is 2. The number of aryl methyl sites for hydroxylation is 1. The highest BCUT2D eigenvalue weighted by molar-refractivity contribution is 7.85. The van der Waals surface area contributed by atoms with E-state index in [4.69, 9.17) is 16.4 Å². The lowest BCUT2D eigenvalue weighted by Crippen LogP contribution is -2.49. The molecule has 3 atom stereocenters. The highest BCUT2D eigenvalue weighted by Crippen LogP contribution is 2.43. The number of hydrogen-bond acceptors (Lipinski definition) is 6. The normalized spacial score (nSPS) is 26.8. The highest BCUT2D eigenvalue weighted by atomic mass is 32.2. The number of aliphatic hydroxyl groups excluding tert-OH is 1. The molecule has 6 rings (SSSR count). The van der Waals surface area contributed by atoms with Crippen molar-refractivity contribution in [2.45, 2.75) is 49.0 Å². The Morgan fingerprint density at radius 3 is 2.71 bits per heavy atom. The van der Waals surface area contributed by atoms with E-state index in [2.05, 4.69) is 34.3 Å². The molecule has 1 aromatic heterocycles. The molecule has 1 saturated heterocycles. The average molecular weight is 475 g/mol. The van der Waals surface area contributed by atoms with Gasteiger partial charge in [0.05, 0.1) is 28.6 Å². The molecule has 4 aliphatic rings. The number of terminal acetylenes is 1. The number of aliphatic hydroxyl groups is 1. The number of rotatable bonds is 5. The van der Waals surface area contributed by atoms with Crippen LogP contribution in [0.2, 0.25) is 0 Å². The van der Waals surface area contributed by atoms with Crippen LogP contribution in [-0.2, 0) is 17.2 Å². The number of aromatic nitrogens is 2. The molecule has 0 amide bonds. The van der Waals surface area contributed by atoms with Gasteiger partial charge in [-0.2, -0.15) is 4.98 Å². The Balaban J connectivity index is 1.26. The minimum atomic E-state index is -1.09. The van der Waals surface area contributed by atoms with E-state index in [-0.39, 0.29) is 12.1 Å². The van der Waals surface area contributed by atoms with Crippen LogP contribution >= 0.6 is 0 Å². The van der Waals surface area contributed by atoms with Gasteiger partial charge in [0, 0.05) is 24.4 Å². The lowest BCUT2D eigenvalue weighted by Gasteiger charge is -2.42. The number of benzene rings is 1. The maximum absolute atomic E-state index is 12.9. The Kier molecular flexibility index (Phi) is 5.46. The summed E-state index contributed by atoms with van der Waals surface area (Å²) in [6, 6.07) is 8.28. The molecule has 2 aliphatic carbocycles. The summed E-state index contributed by atoms with van der Waals surface area (Å²) in [7, 11) is -1.09. The van der Waals surface area contributed by atoms with Crippen LogP contribution in [0.3, 0.4) is 0 Å². The van der Waals surface area contributed by atoms with Crippen molar-refractivity contribution in [3.8, 4) is 12.3 Å². The zero-order valence-electron chi connectivity index (χ0n) is 19.3. The van der Waals surface area contributed by atoms with Crippen LogP contribution in [0.25, 0.3) is 5.57 Å². The van der Waals surface area contributed by atoms with Crippen molar-refractivity contribution in [1.29, 1.82) is 0 Å². The molecule has 2 N–H and O–H groups in total. The summed E-state index contributed by atoms with van der Waals surface area (Å²) in [6.07, 6.45) is 13.6. The van der Waals surface area contributed by atoms with Gasteiger partial charge in [0.1, 0.15) is 10.7 Å². The van der Waals surface area contributed by atoms with Gasteiger partial charge in [0.25, 0.3) is 0 Å². The third-order valence-electron chi connectivity index (χ3n) is 7.99. The van der Waals surface area contributed by atoms with Crippen LogP contribution in [0.15, 0.2) is 35.2 Å². The van der Waals surface area contributed by atoms with E-state index in [0.29, 0.717) is 23.4 Å². The number of nitrogens with one attached hydrogen (secondary N) is 1. The van der Waals surface area contributed by atoms with Gasteiger partial charge in [-0.3, -0.25) is 4.21 Å². The largest absolute Gasteiger partial charge is 0.394 e. The predicted molar refractivity (Wildman–Crippen MR) is 135 cm³/mol. The average Bonchev–Trinajstić information content (AvgIpc) is 3.41. The topological polar surface area (TPSA) is 78.3 Å².